The summed E-state index contributed by atoms with van der Waals surface area (Å²) in [5.41, 5.74) is 1.13. The number of fused-ring (bicyclic) bond motifs is 1. The van der Waals surface area contributed by atoms with E-state index >= 15 is 0 Å². The predicted octanol–water partition coefficient (Wildman–Crippen LogP) is -0.00460. The van der Waals surface area contributed by atoms with Gasteiger partial charge in [-0.2, -0.15) is 0 Å². The van der Waals surface area contributed by atoms with Crippen molar-refractivity contribution in [1.82, 2.24) is 4.90 Å². The van der Waals surface area contributed by atoms with Crippen LogP contribution in [0, 0.1) is 0 Å². The molecular weight excluding hydrogens is 190 g/mol. The quantitative estimate of drug-likeness (QED) is 0.748. The number of hydrogen-bond acceptors (Lipinski definition) is 2. The highest BCUT2D eigenvalue weighted by Crippen LogP contribution is 2.06. The smallest absolute Gasteiger partial charge is 0.305 e. The second kappa shape index (κ2) is 3.77. The first-order chi connectivity index (χ1) is 7.18. The number of carboxylic acids is 1. The van der Waals surface area contributed by atoms with Gasteiger partial charge in [0.2, 0.25) is 0 Å². The van der Waals surface area contributed by atoms with E-state index in [1.807, 2.05) is 24.1 Å². The Kier molecular flexibility index (Phi) is 2.46. The second-order valence-corrected chi connectivity index (χ2v) is 3.68. The van der Waals surface area contributed by atoms with Gasteiger partial charge in [-0.05, 0) is 11.3 Å². The van der Waals surface area contributed by atoms with Gasteiger partial charge < -0.3 is 10.0 Å². The molecule has 3 nitrogen and oxygen atoms in total. The Labute approximate surface area is 88.0 Å². The van der Waals surface area contributed by atoms with Crippen LogP contribution in [0.2, 0.25) is 0 Å². The zero-order valence-electron chi connectivity index (χ0n) is 8.60. The molecule has 1 N–H and O–H groups in total. The number of carboxylic acid groups (broad SMARTS) is 1. The maximum Gasteiger partial charge on any atom is 0.305 e. The van der Waals surface area contributed by atoms with E-state index in [4.69, 9.17) is 5.11 Å². The van der Waals surface area contributed by atoms with Crippen molar-refractivity contribution in [2.24, 2.45) is 0 Å². The lowest BCUT2D eigenvalue weighted by Crippen LogP contribution is -2.40. The molecule has 0 heterocycles. The van der Waals surface area contributed by atoms with Crippen molar-refractivity contribution in [3.05, 3.63) is 34.7 Å². The first-order valence-electron chi connectivity index (χ1n) is 4.92. The van der Waals surface area contributed by atoms with E-state index in [9.17, 15) is 4.79 Å². The molecule has 0 fully saturated rings. The third-order valence-electron chi connectivity index (χ3n) is 2.60. The van der Waals surface area contributed by atoms with Crippen LogP contribution in [0.15, 0.2) is 24.3 Å². The summed E-state index contributed by atoms with van der Waals surface area (Å²) in [6.07, 6.45) is 2.26. The van der Waals surface area contributed by atoms with Crippen LogP contribution in [0.4, 0.5) is 0 Å². The molecule has 1 aliphatic rings. The Balaban J connectivity index is 2.13. The first kappa shape index (κ1) is 9.77. The summed E-state index contributed by atoms with van der Waals surface area (Å²) in [6.45, 7) is 0.551. The van der Waals surface area contributed by atoms with Gasteiger partial charge in [0.1, 0.15) is 0 Å². The average molecular weight is 203 g/mol. The molecule has 0 unspecified atom stereocenters. The second-order valence-electron chi connectivity index (χ2n) is 3.68. The van der Waals surface area contributed by atoms with Gasteiger partial charge in [0, 0.05) is 24.5 Å². The largest absolute Gasteiger partial charge is 0.481 e. The van der Waals surface area contributed by atoms with Crippen LogP contribution in [0.5, 0.6) is 0 Å². The maximum atomic E-state index is 10.4. The van der Waals surface area contributed by atoms with Crippen LogP contribution < -0.4 is 10.4 Å². The van der Waals surface area contributed by atoms with Crippen molar-refractivity contribution >= 4 is 17.7 Å². The van der Waals surface area contributed by atoms with Gasteiger partial charge in [0.25, 0.3) is 0 Å². The third kappa shape index (κ3) is 1.86. The SMILES string of the molecule is CN(CCC(=O)O)C1=c2ccccc2=C1. The van der Waals surface area contributed by atoms with E-state index in [2.05, 4.69) is 18.2 Å². The van der Waals surface area contributed by atoms with Crippen molar-refractivity contribution in [2.45, 2.75) is 6.42 Å². The molecular formula is C12H13NO2. The van der Waals surface area contributed by atoms with Gasteiger partial charge in [-0.25, -0.2) is 0 Å². The van der Waals surface area contributed by atoms with Crippen molar-refractivity contribution in [2.75, 3.05) is 13.6 Å². The fourth-order valence-electron chi connectivity index (χ4n) is 1.70. The summed E-state index contributed by atoms with van der Waals surface area (Å²) < 4.78 is 0. The molecule has 0 aromatic heterocycles. The van der Waals surface area contributed by atoms with Gasteiger partial charge in [-0.15, -0.1) is 0 Å². The molecule has 3 heteroatoms. The highest BCUT2D eigenvalue weighted by atomic mass is 16.4. The summed E-state index contributed by atoms with van der Waals surface area (Å²) in [4.78, 5) is 12.4. The van der Waals surface area contributed by atoms with Crippen LogP contribution in [0.3, 0.4) is 0 Å². The van der Waals surface area contributed by atoms with Gasteiger partial charge >= 0.3 is 5.97 Å². The summed E-state index contributed by atoms with van der Waals surface area (Å²) in [7, 11) is 1.92. The minimum absolute atomic E-state index is 0.177. The number of aliphatic carboxylic acids is 1. The molecule has 0 radical (unpaired) electrons. The Hall–Kier alpha value is -1.77. The summed E-state index contributed by atoms with van der Waals surface area (Å²) in [5, 5.41) is 11.0. The summed E-state index contributed by atoms with van der Waals surface area (Å²) >= 11 is 0. The summed E-state index contributed by atoms with van der Waals surface area (Å²) in [5.74, 6) is -0.755. The van der Waals surface area contributed by atoms with Crippen LogP contribution in [-0.2, 0) is 4.79 Å². The zero-order valence-corrected chi connectivity index (χ0v) is 8.60. The maximum absolute atomic E-state index is 10.4. The van der Waals surface area contributed by atoms with Crippen molar-refractivity contribution in [1.29, 1.82) is 0 Å². The fourth-order valence-corrected chi connectivity index (χ4v) is 1.70. The van der Waals surface area contributed by atoms with Gasteiger partial charge in [0.15, 0.2) is 0 Å². The number of rotatable bonds is 4. The molecule has 0 spiro atoms. The highest BCUT2D eigenvalue weighted by Gasteiger charge is 2.10. The highest BCUT2D eigenvalue weighted by molar-refractivity contribution is 5.81. The molecule has 0 amide bonds. The van der Waals surface area contributed by atoms with Gasteiger partial charge in [-0.1, -0.05) is 24.3 Å². The number of hydrogen-bond donors (Lipinski definition) is 1. The van der Waals surface area contributed by atoms with E-state index in [0.717, 1.165) is 5.70 Å². The molecule has 0 aliphatic heterocycles. The average Bonchev–Trinajstić information content (AvgIpc) is 2.17. The van der Waals surface area contributed by atoms with Crippen LogP contribution in [0.1, 0.15) is 6.42 Å². The molecule has 0 bridgehead atoms. The van der Waals surface area contributed by atoms with Crippen LogP contribution in [0.25, 0.3) is 11.8 Å². The van der Waals surface area contributed by atoms with Crippen molar-refractivity contribution < 1.29 is 9.90 Å². The molecule has 78 valence electrons. The molecule has 15 heavy (non-hydrogen) atoms. The first-order valence-corrected chi connectivity index (χ1v) is 4.92. The van der Waals surface area contributed by atoms with Gasteiger partial charge in [-0.3, -0.25) is 4.79 Å². The number of benzene rings is 1. The molecule has 0 saturated carbocycles. The summed E-state index contributed by atoms with van der Waals surface area (Å²) in [6, 6.07) is 8.12. The molecule has 1 aliphatic carbocycles. The third-order valence-corrected chi connectivity index (χ3v) is 2.60. The lowest BCUT2D eigenvalue weighted by molar-refractivity contribution is -0.137. The predicted molar refractivity (Wildman–Crippen MR) is 58.4 cm³/mol. The minimum atomic E-state index is -0.755. The molecule has 2 rings (SSSR count). The van der Waals surface area contributed by atoms with Crippen molar-refractivity contribution in [3.63, 3.8) is 0 Å². The van der Waals surface area contributed by atoms with E-state index in [-0.39, 0.29) is 6.42 Å². The molecule has 1 aromatic rings. The molecule has 1 aromatic carbocycles. The molecule has 0 atom stereocenters. The van der Waals surface area contributed by atoms with Gasteiger partial charge in [0.05, 0.1) is 6.42 Å². The van der Waals surface area contributed by atoms with E-state index in [0.29, 0.717) is 6.54 Å². The Bertz CT molecular complexity index is 505. The lowest BCUT2D eigenvalue weighted by Gasteiger charge is -2.23. The van der Waals surface area contributed by atoms with E-state index in [1.165, 1.54) is 10.4 Å². The minimum Gasteiger partial charge on any atom is -0.481 e. The number of carbonyl (C=O) groups is 1. The van der Waals surface area contributed by atoms with E-state index < -0.39 is 5.97 Å². The monoisotopic (exact) mass is 203 g/mol. The lowest BCUT2D eigenvalue weighted by atomic mass is 10.1. The number of nitrogens with zero attached hydrogens (tertiary/aromatic N) is 1. The Morgan fingerprint density at radius 3 is 2.80 bits per heavy atom. The zero-order chi connectivity index (χ0) is 10.8. The van der Waals surface area contributed by atoms with Crippen molar-refractivity contribution in [3.8, 4) is 0 Å². The van der Waals surface area contributed by atoms with Crippen LogP contribution >= 0.6 is 0 Å². The topological polar surface area (TPSA) is 40.5 Å². The van der Waals surface area contributed by atoms with E-state index in [1.54, 1.807) is 0 Å². The standard InChI is InChI=1S/C12H13NO2/c1-13(7-6-12(14)15)11-8-9-4-2-3-5-10(9)11/h2-5,8H,6-7H2,1H3,(H,14,15). The fraction of sp³-hybridized carbons (Fsp3) is 0.250. The van der Waals surface area contributed by atoms with Crippen LogP contribution in [-0.4, -0.2) is 29.6 Å². The molecule has 0 saturated heterocycles. The Morgan fingerprint density at radius 1 is 1.40 bits per heavy atom. The Morgan fingerprint density at radius 2 is 2.13 bits per heavy atom. The normalized spacial score (nSPS) is 12.5.